The summed E-state index contributed by atoms with van der Waals surface area (Å²) in [4.78, 5) is 4.90. The fraction of sp³-hybridized carbons (Fsp3) is 1.00. The summed E-state index contributed by atoms with van der Waals surface area (Å²) in [6.45, 7) is 3.06. The first-order valence-corrected chi connectivity index (χ1v) is 4.77. The molecule has 1 aliphatic rings. The maximum atomic E-state index is 5.60. The lowest BCUT2D eigenvalue weighted by molar-refractivity contribution is -0.0407. The van der Waals surface area contributed by atoms with Crippen molar-refractivity contribution in [3.63, 3.8) is 0 Å². The second kappa shape index (κ2) is 5.51. The monoisotopic (exact) mass is 173 g/mol. The molecule has 3 heteroatoms. The van der Waals surface area contributed by atoms with Crippen molar-refractivity contribution in [3.8, 4) is 0 Å². The van der Waals surface area contributed by atoms with Gasteiger partial charge in [-0.25, -0.2) is 0 Å². The lowest BCUT2D eigenvalue weighted by atomic mass is 10.0. The van der Waals surface area contributed by atoms with Crippen LogP contribution >= 0.6 is 0 Å². The summed E-state index contributed by atoms with van der Waals surface area (Å²) in [5.74, 6) is 0. The van der Waals surface area contributed by atoms with Crippen LogP contribution in [0.1, 0.15) is 32.6 Å². The Kier molecular flexibility index (Phi) is 4.58. The summed E-state index contributed by atoms with van der Waals surface area (Å²) in [7, 11) is 1.67. The molecule has 1 fully saturated rings. The Hall–Kier alpha value is -0.120. The van der Waals surface area contributed by atoms with Crippen LogP contribution in [-0.2, 0) is 9.57 Å². The van der Waals surface area contributed by atoms with E-state index in [0.717, 1.165) is 19.4 Å². The molecule has 1 aliphatic heterocycles. The van der Waals surface area contributed by atoms with Crippen LogP contribution in [0.25, 0.3) is 0 Å². The Labute approximate surface area is 74.4 Å². The van der Waals surface area contributed by atoms with E-state index in [-0.39, 0.29) is 0 Å². The first-order chi connectivity index (χ1) is 5.86. The highest BCUT2D eigenvalue weighted by atomic mass is 16.6. The van der Waals surface area contributed by atoms with Gasteiger partial charge in [-0.1, -0.05) is 13.3 Å². The number of rotatable bonds is 4. The van der Waals surface area contributed by atoms with Gasteiger partial charge in [0, 0.05) is 12.6 Å². The van der Waals surface area contributed by atoms with Gasteiger partial charge in [-0.3, -0.25) is 0 Å². The molecule has 0 aromatic rings. The van der Waals surface area contributed by atoms with E-state index in [9.17, 15) is 0 Å². The lowest BCUT2D eigenvalue weighted by Crippen LogP contribution is -2.38. The molecule has 12 heavy (non-hydrogen) atoms. The molecule has 1 rings (SSSR count). The highest BCUT2D eigenvalue weighted by Crippen LogP contribution is 2.17. The van der Waals surface area contributed by atoms with Crippen molar-refractivity contribution in [2.24, 2.45) is 0 Å². The van der Waals surface area contributed by atoms with Crippen molar-refractivity contribution in [2.75, 3.05) is 13.7 Å². The van der Waals surface area contributed by atoms with E-state index in [0.29, 0.717) is 12.1 Å². The largest absolute Gasteiger partial charge is 0.378 e. The van der Waals surface area contributed by atoms with E-state index >= 15 is 0 Å². The van der Waals surface area contributed by atoms with Crippen LogP contribution in [0.4, 0.5) is 0 Å². The third-order valence-electron chi connectivity index (χ3n) is 2.26. The van der Waals surface area contributed by atoms with Gasteiger partial charge < -0.3 is 9.57 Å². The average Bonchev–Trinajstić information content (AvgIpc) is 2.06. The molecule has 0 aromatic heterocycles. The van der Waals surface area contributed by atoms with E-state index in [1.165, 1.54) is 12.8 Å². The van der Waals surface area contributed by atoms with Gasteiger partial charge >= 0.3 is 0 Å². The van der Waals surface area contributed by atoms with E-state index < -0.39 is 0 Å². The summed E-state index contributed by atoms with van der Waals surface area (Å²) in [6.07, 6.45) is 4.96. The Morgan fingerprint density at radius 1 is 1.58 bits per heavy atom. The molecule has 0 bridgehead atoms. The van der Waals surface area contributed by atoms with Gasteiger partial charge in [-0.15, -0.1) is 0 Å². The standard InChI is InChI=1S/C9H19NO2/c1-3-4-9-7-8(10-11-2)5-6-12-9/h8-10H,3-7H2,1-2H3. The number of ether oxygens (including phenoxy) is 1. The Bertz CT molecular complexity index is 103. The van der Waals surface area contributed by atoms with E-state index in [4.69, 9.17) is 9.57 Å². The van der Waals surface area contributed by atoms with Crippen molar-refractivity contribution in [1.82, 2.24) is 5.48 Å². The van der Waals surface area contributed by atoms with Gasteiger partial charge in [0.15, 0.2) is 0 Å². The quantitative estimate of drug-likeness (QED) is 0.653. The minimum absolute atomic E-state index is 0.441. The fourth-order valence-electron chi connectivity index (χ4n) is 1.68. The molecule has 72 valence electrons. The molecule has 1 heterocycles. The van der Waals surface area contributed by atoms with Gasteiger partial charge in [-0.2, -0.15) is 5.48 Å². The fourth-order valence-corrected chi connectivity index (χ4v) is 1.68. The molecular weight excluding hydrogens is 154 g/mol. The van der Waals surface area contributed by atoms with Crippen LogP contribution in [0.15, 0.2) is 0 Å². The zero-order chi connectivity index (χ0) is 8.81. The number of nitrogens with one attached hydrogen (secondary N) is 1. The molecular formula is C9H19NO2. The minimum atomic E-state index is 0.441. The highest BCUT2D eigenvalue weighted by molar-refractivity contribution is 4.73. The van der Waals surface area contributed by atoms with Crippen molar-refractivity contribution in [2.45, 2.75) is 44.8 Å². The van der Waals surface area contributed by atoms with Crippen LogP contribution in [0.2, 0.25) is 0 Å². The van der Waals surface area contributed by atoms with Gasteiger partial charge in [0.2, 0.25) is 0 Å². The summed E-state index contributed by atoms with van der Waals surface area (Å²) < 4.78 is 5.60. The minimum Gasteiger partial charge on any atom is -0.378 e. The Morgan fingerprint density at radius 2 is 2.42 bits per heavy atom. The average molecular weight is 173 g/mol. The van der Waals surface area contributed by atoms with E-state index in [2.05, 4.69) is 12.4 Å². The van der Waals surface area contributed by atoms with Crippen LogP contribution in [-0.4, -0.2) is 25.9 Å². The molecule has 0 radical (unpaired) electrons. The van der Waals surface area contributed by atoms with Crippen LogP contribution in [0.5, 0.6) is 0 Å². The molecule has 0 amide bonds. The third kappa shape index (κ3) is 3.09. The van der Waals surface area contributed by atoms with Crippen LogP contribution in [0.3, 0.4) is 0 Å². The lowest BCUT2D eigenvalue weighted by Gasteiger charge is -2.29. The number of hydrogen-bond donors (Lipinski definition) is 1. The zero-order valence-electron chi connectivity index (χ0n) is 8.01. The molecule has 1 N–H and O–H groups in total. The van der Waals surface area contributed by atoms with Crippen molar-refractivity contribution < 1.29 is 9.57 Å². The van der Waals surface area contributed by atoms with Crippen molar-refractivity contribution in [1.29, 1.82) is 0 Å². The zero-order valence-corrected chi connectivity index (χ0v) is 8.01. The normalized spacial score (nSPS) is 30.5. The summed E-state index contributed by atoms with van der Waals surface area (Å²) in [5, 5.41) is 0. The second-order valence-corrected chi connectivity index (χ2v) is 3.32. The molecule has 2 unspecified atom stereocenters. The van der Waals surface area contributed by atoms with Crippen LogP contribution < -0.4 is 5.48 Å². The molecule has 0 aliphatic carbocycles. The molecule has 2 atom stereocenters. The molecule has 1 saturated heterocycles. The van der Waals surface area contributed by atoms with Gasteiger partial charge in [0.1, 0.15) is 0 Å². The SMILES string of the molecule is CCCC1CC(NOC)CCO1. The topological polar surface area (TPSA) is 30.5 Å². The summed E-state index contributed by atoms with van der Waals surface area (Å²) >= 11 is 0. The van der Waals surface area contributed by atoms with E-state index in [1.54, 1.807) is 7.11 Å². The molecule has 0 saturated carbocycles. The number of hydroxylamine groups is 1. The van der Waals surface area contributed by atoms with Crippen LogP contribution in [0, 0.1) is 0 Å². The third-order valence-corrected chi connectivity index (χ3v) is 2.26. The molecule has 3 nitrogen and oxygen atoms in total. The van der Waals surface area contributed by atoms with Gasteiger partial charge in [0.25, 0.3) is 0 Å². The highest BCUT2D eigenvalue weighted by Gasteiger charge is 2.21. The number of hydrogen-bond acceptors (Lipinski definition) is 3. The predicted molar refractivity (Wildman–Crippen MR) is 47.8 cm³/mol. The summed E-state index contributed by atoms with van der Waals surface area (Å²) in [6, 6.07) is 0.486. The Balaban J connectivity index is 2.20. The maximum Gasteiger partial charge on any atom is 0.0590 e. The predicted octanol–water partition coefficient (Wildman–Crippen LogP) is 1.49. The first kappa shape index (κ1) is 9.96. The van der Waals surface area contributed by atoms with Gasteiger partial charge in [0.05, 0.1) is 13.2 Å². The molecule has 0 aromatic carbocycles. The Morgan fingerprint density at radius 3 is 3.08 bits per heavy atom. The maximum absolute atomic E-state index is 5.60. The van der Waals surface area contributed by atoms with Crippen molar-refractivity contribution in [3.05, 3.63) is 0 Å². The second-order valence-electron chi connectivity index (χ2n) is 3.32. The first-order valence-electron chi connectivity index (χ1n) is 4.77. The summed E-state index contributed by atoms with van der Waals surface area (Å²) in [5.41, 5.74) is 2.99. The van der Waals surface area contributed by atoms with Crippen molar-refractivity contribution >= 4 is 0 Å². The van der Waals surface area contributed by atoms with E-state index in [1.807, 2.05) is 0 Å². The smallest absolute Gasteiger partial charge is 0.0590 e. The molecule has 0 spiro atoms. The van der Waals surface area contributed by atoms with Gasteiger partial charge in [-0.05, 0) is 19.3 Å².